The number of likely N-dealkylation sites (N-methyl/N-ethyl adjacent to an activating group) is 1. The molecule has 3 rings (SSSR count). The maximum absolute atomic E-state index is 12.5. The van der Waals surface area contributed by atoms with Crippen molar-refractivity contribution in [3.8, 4) is 0 Å². The molecular weight excluding hydrogens is 302 g/mol. The number of carbonyl (C=O) groups is 1. The fraction of sp³-hybridized carbons (Fsp3) is 0.947. The zero-order chi connectivity index (χ0) is 17.1. The number of rotatable bonds is 5. The van der Waals surface area contributed by atoms with Crippen LogP contribution in [0.5, 0.6) is 0 Å². The molecule has 0 aromatic heterocycles. The summed E-state index contributed by atoms with van der Waals surface area (Å²) in [4.78, 5) is 19.6. The third-order valence-corrected chi connectivity index (χ3v) is 6.34. The zero-order valence-corrected chi connectivity index (χ0v) is 15.7. The number of ether oxygens (including phenoxy) is 1. The molecular formula is C19H35N3O2. The minimum Gasteiger partial charge on any atom is -0.375 e. The van der Waals surface area contributed by atoms with E-state index in [2.05, 4.69) is 23.8 Å². The second kappa shape index (κ2) is 8.15. The number of hydrogen-bond acceptors (Lipinski definition) is 4. The third-order valence-electron chi connectivity index (χ3n) is 6.34. The highest BCUT2D eigenvalue weighted by Crippen LogP contribution is 2.25. The van der Waals surface area contributed by atoms with Gasteiger partial charge in [0.05, 0.1) is 12.2 Å². The first kappa shape index (κ1) is 18.2. The van der Waals surface area contributed by atoms with Gasteiger partial charge in [-0.25, -0.2) is 0 Å². The monoisotopic (exact) mass is 337 g/mol. The van der Waals surface area contributed by atoms with Crippen LogP contribution >= 0.6 is 0 Å². The molecule has 0 aromatic rings. The molecule has 3 unspecified atom stereocenters. The molecule has 0 N–H and O–H groups in total. The Balaban J connectivity index is 1.40. The maximum atomic E-state index is 12.5. The lowest BCUT2D eigenvalue weighted by Gasteiger charge is -2.35. The first-order chi connectivity index (χ1) is 11.5. The van der Waals surface area contributed by atoms with Gasteiger partial charge in [0.2, 0.25) is 5.91 Å². The molecule has 24 heavy (non-hydrogen) atoms. The minimum absolute atomic E-state index is 0.299. The number of likely N-dealkylation sites (tertiary alicyclic amines) is 2. The van der Waals surface area contributed by atoms with Gasteiger partial charge in [0, 0.05) is 38.6 Å². The average molecular weight is 338 g/mol. The van der Waals surface area contributed by atoms with Crippen molar-refractivity contribution < 1.29 is 9.53 Å². The molecule has 0 bridgehead atoms. The maximum Gasteiger partial charge on any atom is 0.222 e. The van der Waals surface area contributed by atoms with E-state index >= 15 is 0 Å². The second-order valence-corrected chi connectivity index (χ2v) is 8.16. The molecule has 5 heteroatoms. The van der Waals surface area contributed by atoms with Crippen LogP contribution in [0.3, 0.4) is 0 Å². The molecule has 0 aromatic carbocycles. The van der Waals surface area contributed by atoms with E-state index in [1.165, 1.54) is 25.9 Å². The van der Waals surface area contributed by atoms with Crippen molar-refractivity contribution in [1.82, 2.24) is 14.7 Å². The smallest absolute Gasteiger partial charge is 0.222 e. The van der Waals surface area contributed by atoms with Gasteiger partial charge in [-0.3, -0.25) is 9.69 Å². The highest BCUT2D eigenvalue weighted by molar-refractivity contribution is 5.76. The van der Waals surface area contributed by atoms with E-state index in [0.717, 1.165) is 44.8 Å². The predicted molar refractivity (Wildman–Crippen MR) is 96.1 cm³/mol. The van der Waals surface area contributed by atoms with Crippen LogP contribution in [0, 0.1) is 0 Å². The summed E-state index contributed by atoms with van der Waals surface area (Å²) >= 11 is 0. The fourth-order valence-electron chi connectivity index (χ4n) is 4.54. The second-order valence-electron chi connectivity index (χ2n) is 8.16. The SMILES string of the molecule is CC1CCC(CCC(=O)N(C)C2CCN(C3CCN(C)CC3)C2)O1. The summed E-state index contributed by atoms with van der Waals surface area (Å²) in [6.07, 6.45) is 8.14. The largest absolute Gasteiger partial charge is 0.375 e. The minimum atomic E-state index is 0.299. The van der Waals surface area contributed by atoms with E-state index in [-0.39, 0.29) is 0 Å². The molecule has 5 nitrogen and oxygen atoms in total. The Hall–Kier alpha value is -0.650. The number of piperidine rings is 1. The zero-order valence-electron chi connectivity index (χ0n) is 15.7. The van der Waals surface area contributed by atoms with E-state index in [4.69, 9.17) is 4.74 Å². The summed E-state index contributed by atoms with van der Waals surface area (Å²) in [5.74, 6) is 0.299. The van der Waals surface area contributed by atoms with E-state index in [1.54, 1.807) is 0 Å². The van der Waals surface area contributed by atoms with Crippen molar-refractivity contribution in [3.63, 3.8) is 0 Å². The Bertz CT molecular complexity index is 423. The Kier molecular flexibility index (Phi) is 6.17. The Morgan fingerprint density at radius 1 is 1.12 bits per heavy atom. The molecule has 3 heterocycles. The molecule has 0 saturated carbocycles. The lowest BCUT2D eigenvalue weighted by atomic mass is 10.0. The average Bonchev–Trinajstić information content (AvgIpc) is 3.22. The van der Waals surface area contributed by atoms with E-state index in [0.29, 0.717) is 30.6 Å². The van der Waals surface area contributed by atoms with Gasteiger partial charge in [-0.15, -0.1) is 0 Å². The number of carbonyl (C=O) groups excluding carboxylic acids is 1. The topological polar surface area (TPSA) is 36.0 Å². The molecule has 0 spiro atoms. The Labute approximate surface area is 147 Å². The van der Waals surface area contributed by atoms with Gasteiger partial charge < -0.3 is 14.5 Å². The molecule has 3 aliphatic rings. The van der Waals surface area contributed by atoms with Crippen LogP contribution in [0.2, 0.25) is 0 Å². The first-order valence-corrected chi connectivity index (χ1v) is 9.86. The van der Waals surface area contributed by atoms with Crippen molar-refractivity contribution >= 4 is 5.91 Å². The van der Waals surface area contributed by atoms with Crippen LogP contribution < -0.4 is 0 Å². The van der Waals surface area contributed by atoms with Gasteiger partial charge >= 0.3 is 0 Å². The predicted octanol–water partition coefficient (Wildman–Crippen LogP) is 1.96. The van der Waals surface area contributed by atoms with Gasteiger partial charge in [-0.1, -0.05) is 0 Å². The number of nitrogens with zero attached hydrogens (tertiary/aromatic N) is 3. The van der Waals surface area contributed by atoms with Crippen molar-refractivity contribution in [2.45, 2.75) is 76.2 Å². The molecule has 1 amide bonds. The highest BCUT2D eigenvalue weighted by Gasteiger charge is 2.33. The van der Waals surface area contributed by atoms with E-state index in [1.807, 2.05) is 11.9 Å². The summed E-state index contributed by atoms with van der Waals surface area (Å²) in [5.41, 5.74) is 0. The quantitative estimate of drug-likeness (QED) is 0.768. The lowest BCUT2D eigenvalue weighted by molar-refractivity contribution is -0.132. The molecule has 3 atom stereocenters. The van der Waals surface area contributed by atoms with Crippen LogP contribution in [0.4, 0.5) is 0 Å². The van der Waals surface area contributed by atoms with Crippen molar-refractivity contribution in [1.29, 1.82) is 0 Å². The third kappa shape index (κ3) is 4.50. The van der Waals surface area contributed by atoms with Gasteiger partial charge in [0.15, 0.2) is 0 Å². The van der Waals surface area contributed by atoms with Gasteiger partial charge in [-0.2, -0.15) is 0 Å². The molecule has 3 aliphatic heterocycles. The summed E-state index contributed by atoms with van der Waals surface area (Å²) in [6, 6.07) is 1.13. The van der Waals surface area contributed by atoms with E-state index < -0.39 is 0 Å². The summed E-state index contributed by atoms with van der Waals surface area (Å²) in [7, 11) is 4.22. The normalized spacial score (nSPS) is 33.2. The van der Waals surface area contributed by atoms with E-state index in [9.17, 15) is 4.79 Å². The molecule has 3 saturated heterocycles. The fourth-order valence-corrected chi connectivity index (χ4v) is 4.54. The summed E-state index contributed by atoms with van der Waals surface area (Å²) in [5, 5.41) is 0. The molecule has 138 valence electrons. The first-order valence-electron chi connectivity index (χ1n) is 9.86. The summed E-state index contributed by atoms with van der Waals surface area (Å²) < 4.78 is 5.84. The van der Waals surface area contributed by atoms with Crippen molar-refractivity contribution in [3.05, 3.63) is 0 Å². The summed E-state index contributed by atoms with van der Waals surface area (Å²) in [6.45, 7) is 6.76. The lowest BCUT2D eigenvalue weighted by Crippen LogP contribution is -2.45. The van der Waals surface area contributed by atoms with Crippen LogP contribution in [-0.2, 0) is 9.53 Å². The molecule has 3 fully saturated rings. The highest BCUT2D eigenvalue weighted by atomic mass is 16.5. The van der Waals surface area contributed by atoms with Crippen LogP contribution in [0.15, 0.2) is 0 Å². The molecule has 0 aliphatic carbocycles. The number of amides is 1. The van der Waals surface area contributed by atoms with Crippen LogP contribution in [-0.4, -0.2) is 85.2 Å². The Morgan fingerprint density at radius 3 is 2.54 bits per heavy atom. The van der Waals surface area contributed by atoms with Crippen LogP contribution in [0.1, 0.15) is 51.9 Å². The van der Waals surface area contributed by atoms with Crippen molar-refractivity contribution in [2.75, 3.05) is 40.3 Å². The number of hydrogen-bond donors (Lipinski definition) is 0. The Morgan fingerprint density at radius 2 is 1.88 bits per heavy atom. The van der Waals surface area contributed by atoms with Gasteiger partial charge in [0.1, 0.15) is 0 Å². The molecule has 0 radical (unpaired) electrons. The van der Waals surface area contributed by atoms with Crippen molar-refractivity contribution in [2.24, 2.45) is 0 Å². The standard InChI is InChI=1S/C19H35N3O2/c1-15-4-5-18(24-15)6-7-19(23)21(3)17-10-13-22(14-17)16-8-11-20(2)12-9-16/h15-18H,4-14H2,1-3H3. The van der Waals surface area contributed by atoms with Gasteiger partial charge in [-0.05, 0) is 65.6 Å². The van der Waals surface area contributed by atoms with Crippen LogP contribution in [0.25, 0.3) is 0 Å². The van der Waals surface area contributed by atoms with Gasteiger partial charge in [0.25, 0.3) is 0 Å².